The number of esters is 1. The molecule has 0 unspecified atom stereocenters. The molecule has 6 rings (SSSR count). The highest BCUT2D eigenvalue weighted by Crippen LogP contribution is 2.36. The molecule has 1 aliphatic carbocycles. The highest BCUT2D eigenvalue weighted by molar-refractivity contribution is 5.98. The molecule has 0 spiro atoms. The summed E-state index contributed by atoms with van der Waals surface area (Å²) in [5.41, 5.74) is 7.38. The van der Waals surface area contributed by atoms with Crippen molar-refractivity contribution in [3.8, 4) is 11.5 Å². The van der Waals surface area contributed by atoms with Crippen LogP contribution in [0.3, 0.4) is 0 Å². The monoisotopic (exact) mass is 686 g/mol. The van der Waals surface area contributed by atoms with E-state index >= 15 is 0 Å². The number of carbonyl (C=O) groups is 2. The minimum Gasteiger partial charge on any atom is -0.488 e. The molecule has 266 valence electrons. The summed E-state index contributed by atoms with van der Waals surface area (Å²) in [6, 6.07) is 29.6. The lowest BCUT2D eigenvalue weighted by atomic mass is 10.0. The highest BCUT2D eigenvalue weighted by Gasteiger charge is 2.29. The van der Waals surface area contributed by atoms with Crippen LogP contribution in [0, 0.1) is 5.92 Å². The number of rotatable bonds is 15. The van der Waals surface area contributed by atoms with E-state index in [2.05, 4.69) is 43.9 Å². The first-order valence-electron chi connectivity index (χ1n) is 18.2. The molecule has 1 amide bonds. The molecule has 2 aliphatic rings. The Morgan fingerprint density at radius 1 is 0.784 bits per heavy atom. The summed E-state index contributed by atoms with van der Waals surface area (Å²) in [6.45, 7) is 12.6. The summed E-state index contributed by atoms with van der Waals surface area (Å²) in [5.74, 6) is 1.19. The molecule has 7 nitrogen and oxygen atoms in total. The molecule has 0 aromatic heterocycles. The number of allylic oxidation sites excluding steroid dienone is 1. The summed E-state index contributed by atoms with van der Waals surface area (Å²) in [6.07, 6.45) is 4.94. The fourth-order valence-corrected chi connectivity index (χ4v) is 6.87. The van der Waals surface area contributed by atoms with Gasteiger partial charge in [-0.3, -0.25) is 9.59 Å². The SMILES string of the molecule is C=C(C)c1cc(C(=O)N2Cc3ccc(CN[C@H](CC(C)C)C(=O)OC4CCCC4)cc3C2)c(OCc2ccccc2)cc1OCc1ccccc1. The van der Waals surface area contributed by atoms with Gasteiger partial charge in [0.2, 0.25) is 0 Å². The van der Waals surface area contributed by atoms with Crippen molar-refractivity contribution in [2.45, 2.75) is 97.9 Å². The zero-order valence-electron chi connectivity index (χ0n) is 30.2. The molecular formula is C44H50N2O5. The molecule has 4 aromatic carbocycles. The predicted octanol–water partition coefficient (Wildman–Crippen LogP) is 9.02. The maximum absolute atomic E-state index is 14.3. The van der Waals surface area contributed by atoms with Gasteiger partial charge in [-0.25, -0.2) is 0 Å². The number of ether oxygens (including phenoxy) is 3. The number of hydrogen-bond donors (Lipinski definition) is 1. The number of benzene rings is 4. The van der Waals surface area contributed by atoms with Gasteiger partial charge in [0, 0.05) is 31.3 Å². The minimum absolute atomic E-state index is 0.0474. The largest absolute Gasteiger partial charge is 0.488 e. The van der Waals surface area contributed by atoms with Crippen LogP contribution in [0.15, 0.2) is 97.6 Å². The topological polar surface area (TPSA) is 77.1 Å². The molecule has 1 saturated carbocycles. The van der Waals surface area contributed by atoms with Crippen molar-refractivity contribution in [2.75, 3.05) is 0 Å². The Bertz CT molecular complexity index is 1810. The Morgan fingerprint density at radius 3 is 2.00 bits per heavy atom. The number of nitrogens with zero attached hydrogens (tertiary/aromatic N) is 1. The van der Waals surface area contributed by atoms with Gasteiger partial charge in [-0.15, -0.1) is 0 Å². The van der Waals surface area contributed by atoms with Crippen molar-refractivity contribution in [3.05, 3.63) is 137 Å². The number of hydrogen-bond acceptors (Lipinski definition) is 6. The van der Waals surface area contributed by atoms with E-state index in [1.165, 1.54) is 0 Å². The van der Waals surface area contributed by atoms with Crippen LogP contribution in [0.1, 0.15) is 96.6 Å². The first kappa shape index (κ1) is 35.9. The van der Waals surface area contributed by atoms with Crippen molar-refractivity contribution >= 4 is 17.4 Å². The Labute approximate surface area is 302 Å². The van der Waals surface area contributed by atoms with Gasteiger partial charge in [-0.05, 0) is 84.4 Å². The van der Waals surface area contributed by atoms with E-state index in [1.807, 2.05) is 84.6 Å². The fraction of sp³-hybridized carbons (Fsp3) is 0.364. The summed E-state index contributed by atoms with van der Waals surface area (Å²) in [7, 11) is 0. The summed E-state index contributed by atoms with van der Waals surface area (Å²) < 4.78 is 18.5. The molecule has 0 saturated heterocycles. The number of amides is 1. The van der Waals surface area contributed by atoms with Gasteiger partial charge in [0.15, 0.2) is 0 Å². The van der Waals surface area contributed by atoms with Gasteiger partial charge in [-0.1, -0.05) is 99.3 Å². The molecule has 1 fully saturated rings. The zero-order valence-corrected chi connectivity index (χ0v) is 30.2. The standard InChI is InChI=1S/C44H50N2O5/c1-30(2)21-40(44(48)51-37-17-11-12-18-37)45-25-34-19-20-35-26-46(27-36(35)22-34)43(47)39-23-38(31(3)4)41(49-28-32-13-7-5-8-14-32)24-42(39)50-29-33-15-9-6-10-16-33/h5-10,13-16,19-20,22-24,30,37,40,45H,3,11-12,17-18,21,25-29H2,1-2,4H3/t40-/m1/s1. The van der Waals surface area contributed by atoms with Crippen LogP contribution < -0.4 is 14.8 Å². The normalized spacial score (nSPS) is 14.7. The third-order valence-corrected chi connectivity index (χ3v) is 9.66. The summed E-state index contributed by atoms with van der Waals surface area (Å²) in [5, 5.41) is 3.48. The molecule has 0 radical (unpaired) electrons. The smallest absolute Gasteiger partial charge is 0.323 e. The van der Waals surface area contributed by atoms with E-state index in [-0.39, 0.29) is 24.0 Å². The lowest BCUT2D eigenvalue weighted by molar-refractivity contribution is -0.151. The van der Waals surface area contributed by atoms with E-state index in [0.29, 0.717) is 55.8 Å². The summed E-state index contributed by atoms with van der Waals surface area (Å²) in [4.78, 5) is 29.3. The number of nitrogens with one attached hydrogen (secondary N) is 1. The van der Waals surface area contributed by atoms with Gasteiger partial charge in [0.05, 0.1) is 5.56 Å². The Hall–Kier alpha value is -4.88. The quantitative estimate of drug-likeness (QED) is 0.126. The first-order valence-corrected chi connectivity index (χ1v) is 18.2. The highest BCUT2D eigenvalue weighted by atomic mass is 16.5. The first-order chi connectivity index (χ1) is 24.7. The van der Waals surface area contributed by atoms with Crippen LogP contribution in [0.4, 0.5) is 0 Å². The minimum atomic E-state index is -0.353. The number of carbonyl (C=O) groups excluding carboxylic acids is 2. The van der Waals surface area contributed by atoms with Crippen molar-refractivity contribution in [3.63, 3.8) is 0 Å². The summed E-state index contributed by atoms with van der Waals surface area (Å²) >= 11 is 0. The van der Waals surface area contributed by atoms with Crippen LogP contribution in [0.2, 0.25) is 0 Å². The maximum Gasteiger partial charge on any atom is 0.323 e. The third-order valence-electron chi connectivity index (χ3n) is 9.66. The van der Waals surface area contributed by atoms with Crippen LogP contribution in [-0.4, -0.2) is 28.9 Å². The zero-order chi connectivity index (χ0) is 35.7. The van der Waals surface area contributed by atoms with Crippen molar-refractivity contribution in [2.24, 2.45) is 5.92 Å². The van der Waals surface area contributed by atoms with Crippen LogP contribution >= 0.6 is 0 Å². The lowest BCUT2D eigenvalue weighted by Gasteiger charge is -2.22. The number of fused-ring (bicyclic) bond motifs is 1. The van der Waals surface area contributed by atoms with E-state index in [4.69, 9.17) is 14.2 Å². The predicted molar refractivity (Wildman–Crippen MR) is 201 cm³/mol. The van der Waals surface area contributed by atoms with Crippen molar-refractivity contribution in [1.29, 1.82) is 0 Å². The van der Waals surface area contributed by atoms with E-state index < -0.39 is 0 Å². The Morgan fingerprint density at radius 2 is 1.39 bits per heavy atom. The second-order valence-electron chi connectivity index (χ2n) is 14.3. The maximum atomic E-state index is 14.3. The van der Waals surface area contributed by atoms with E-state index in [0.717, 1.165) is 71.1 Å². The lowest BCUT2D eigenvalue weighted by Crippen LogP contribution is -2.40. The molecular weight excluding hydrogens is 636 g/mol. The molecule has 0 bridgehead atoms. The fourth-order valence-electron chi connectivity index (χ4n) is 6.87. The average Bonchev–Trinajstić information content (AvgIpc) is 3.81. The Balaban J connectivity index is 1.19. The molecule has 4 aromatic rings. The van der Waals surface area contributed by atoms with Gasteiger partial charge in [0.25, 0.3) is 5.91 Å². The van der Waals surface area contributed by atoms with E-state index in [1.54, 1.807) is 0 Å². The molecule has 1 heterocycles. The van der Waals surface area contributed by atoms with Crippen LogP contribution in [0.5, 0.6) is 11.5 Å². The molecule has 1 atom stereocenters. The average molecular weight is 687 g/mol. The molecule has 1 aliphatic heterocycles. The van der Waals surface area contributed by atoms with Gasteiger partial charge >= 0.3 is 5.97 Å². The molecule has 51 heavy (non-hydrogen) atoms. The van der Waals surface area contributed by atoms with Crippen molar-refractivity contribution < 1.29 is 23.8 Å². The van der Waals surface area contributed by atoms with Crippen LogP contribution in [-0.2, 0) is 42.4 Å². The second-order valence-corrected chi connectivity index (χ2v) is 14.3. The van der Waals surface area contributed by atoms with Gasteiger partial charge < -0.3 is 24.4 Å². The van der Waals surface area contributed by atoms with Crippen LogP contribution in [0.25, 0.3) is 5.57 Å². The second kappa shape index (κ2) is 16.9. The van der Waals surface area contributed by atoms with Crippen molar-refractivity contribution in [1.82, 2.24) is 10.2 Å². The third kappa shape index (κ3) is 9.47. The Kier molecular flexibility index (Phi) is 11.9. The van der Waals surface area contributed by atoms with E-state index in [9.17, 15) is 9.59 Å². The molecule has 7 heteroatoms. The molecule has 1 N–H and O–H groups in total. The van der Waals surface area contributed by atoms with Gasteiger partial charge in [-0.2, -0.15) is 0 Å². The van der Waals surface area contributed by atoms with Gasteiger partial charge in [0.1, 0.15) is 36.9 Å².